The van der Waals surface area contributed by atoms with E-state index in [1.165, 1.54) is 6.26 Å². The molecule has 1 atom stereocenters. The summed E-state index contributed by atoms with van der Waals surface area (Å²) in [7, 11) is 0. The van der Waals surface area contributed by atoms with Crippen LogP contribution in [0.3, 0.4) is 0 Å². The van der Waals surface area contributed by atoms with Crippen LogP contribution >= 0.6 is 0 Å². The van der Waals surface area contributed by atoms with Gasteiger partial charge in [-0.3, -0.25) is 4.79 Å². The Balaban J connectivity index is 0.000000181. The van der Waals surface area contributed by atoms with E-state index in [0.29, 0.717) is 6.42 Å². The van der Waals surface area contributed by atoms with Crippen molar-refractivity contribution in [1.82, 2.24) is 0 Å². The monoisotopic (exact) mass is 222 g/mol. The molecule has 1 heterocycles. The topological polar surface area (TPSA) is 55.8 Å². The first-order valence-corrected chi connectivity index (χ1v) is 4.99. The molecule has 0 spiro atoms. The van der Waals surface area contributed by atoms with Crippen LogP contribution in [0.4, 0.5) is 0 Å². The van der Waals surface area contributed by atoms with Gasteiger partial charge >= 0.3 is 5.97 Å². The Morgan fingerprint density at radius 2 is 1.69 bits per heavy atom. The summed E-state index contributed by atoms with van der Waals surface area (Å²) in [6.45, 7) is 0. The summed E-state index contributed by atoms with van der Waals surface area (Å²) in [5, 5.41) is 8.25. The van der Waals surface area contributed by atoms with Gasteiger partial charge in [0.1, 0.15) is 12.4 Å². The summed E-state index contributed by atoms with van der Waals surface area (Å²) in [5.74, 6) is -0.816. The van der Waals surface area contributed by atoms with Gasteiger partial charge in [0.05, 0.1) is 0 Å². The Bertz CT molecular complexity index is 294. The van der Waals surface area contributed by atoms with E-state index in [4.69, 9.17) is 5.11 Å². The van der Waals surface area contributed by atoms with Crippen molar-refractivity contribution < 1.29 is 19.7 Å². The van der Waals surface area contributed by atoms with Crippen molar-refractivity contribution in [1.29, 1.82) is 0 Å². The molecule has 1 unspecified atom stereocenters. The van der Waals surface area contributed by atoms with Crippen LogP contribution in [-0.4, -0.2) is 17.2 Å². The van der Waals surface area contributed by atoms with Crippen LogP contribution in [0.15, 0.2) is 48.7 Å². The number of hydrogen-bond donors (Lipinski definition) is 1. The summed E-state index contributed by atoms with van der Waals surface area (Å²) in [5.41, 5.74) is 0. The van der Waals surface area contributed by atoms with Gasteiger partial charge in [-0.05, 0) is 12.5 Å². The fraction of sp³-hybridized carbons (Fsp3) is 0.250. The predicted molar refractivity (Wildman–Crippen MR) is 58.4 cm³/mol. The van der Waals surface area contributed by atoms with Gasteiger partial charge in [-0.25, -0.2) is 0 Å². The zero-order valence-corrected chi connectivity index (χ0v) is 8.78. The summed E-state index contributed by atoms with van der Waals surface area (Å²) in [6.07, 6.45) is 3.48. The van der Waals surface area contributed by atoms with Crippen molar-refractivity contribution in [2.45, 2.75) is 18.9 Å². The van der Waals surface area contributed by atoms with Crippen LogP contribution in [0, 0.1) is 0 Å². The molecule has 1 aliphatic rings. The van der Waals surface area contributed by atoms with Gasteiger partial charge in [-0.15, -0.1) is 0 Å². The van der Waals surface area contributed by atoms with Crippen LogP contribution in [0.5, 0.6) is 0 Å². The molecule has 0 saturated heterocycles. The van der Waals surface area contributed by atoms with Gasteiger partial charge in [0.25, 0.3) is 0 Å². The summed E-state index contributed by atoms with van der Waals surface area (Å²) in [6, 6.07) is 12.0. The number of carbonyl (C=O) groups is 1. The molecule has 0 aromatic heterocycles. The number of hydrogen-bond acceptors (Lipinski definition) is 3. The fourth-order valence-corrected chi connectivity index (χ4v) is 1.05. The lowest BCUT2D eigenvalue weighted by Crippen LogP contribution is -2.06. The molecule has 0 saturated carbocycles. The zero-order valence-electron chi connectivity index (χ0n) is 8.78. The van der Waals surface area contributed by atoms with E-state index >= 15 is 0 Å². The van der Waals surface area contributed by atoms with E-state index < -0.39 is 5.97 Å². The van der Waals surface area contributed by atoms with Crippen molar-refractivity contribution in [3.63, 3.8) is 0 Å². The van der Waals surface area contributed by atoms with E-state index in [1.807, 2.05) is 36.4 Å². The normalized spacial score (nSPS) is 17.1. The Morgan fingerprint density at radius 1 is 1.12 bits per heavy atom. The molecule has 2 rings (SSSR count). The quantitative estimate of drug-likeness (QED) is 0.798. The highest BCUT2D eigenvalue weighted by atomic mass is 17.2. The molecule has 1 aromatic carbocycles. The molecule has 0 amide bonds. The molecule has 86 valence electrons. The Hall–Kier alpha value is -1.81. The van der Waals surface area contributed by atoms with Crippen LogP contribution in [0.25, 0.3) is 0 Å². The van der Waals surface area contributed by atoms with E-state index in [0.717, 1.165) is 0 Å². The fourth-order valence-electron chi connectivity index (χ4n) is 1.05. The number of carboxylic acid groups (broad SMARTS) is 1. The Kier molecular flexibility index (Phi) is 5.73. The minimum absolute atomic E-state index is 0.109. The van der Waals surface area contributed by atoms with Crippen molar-refractivity contribution in [3.8, 4) is 0 Å². The minimum atomic E-state index is -0.816. The van der Waals surface area contributed by atoms with Gasteiger partial charge in [0.15, 0.2) is 0 Å². The van der Waals surface area contributed by atoms with Crippen LogP contribution in [0.2, 0.25) is 0 Å². The van der Waals surface area contributed by atoms with Crippen molar-refractivity contribution in [2.75, 3.05) is 0 Å². The largest absolute Gasteiger partial charge is 0.481 e. The zero-order chi connectivity index (χ0) is 11.6. The van der Waals surface area contributed by atoms with E-state index in [2.05, 4.69) is 9.78 Å². The minimum Gasteiger partial charge on any atom is -0.481 e. The molecule has 0 bridgehead atoms. The SMILES string of the molecule is O=C(O)CCC1C=COO1.c1ccccc1. The summed E-state index contributed by atoms with van der Waals surface area (Å²) in [4.78, 5) is 19.1. The third-order valence-electron chi connectivity index (χ3n) is 1.84. The third-order valence-corrected chi connectivity index (χ3v) is 1.84. The maximum absolute atomic E-state index is 10.0. The van der Waals surface area contributed by atoms with Crippen molar-refractivity contribution >= 4 is 5.97 Å². The molecule has 16 heavy (non-hydrogen) atoms. The molecule has 1 aliphatic heterocycles. The Morgan fingerprint density at radius 3 is 2.06 bits per heavy atom. The third kappa shape index (κ3) is 5.82. The number of benzene rings is 1. The maximum atomic E-state index is 10.0. The average molecular weight is 222 g/mol. The van der Waals surface area contributed by atoms with Crippen LogP contribution < -0.4 is 0 Å². The van der Waals surface area contributed by atoms with Crippen molar-refractivity contribution in [3.05, 3.63) is 48.7 Å². The van der Waals surface area contributed by atoms with Gasteiger partial charge in [-0.2, -0.15) is 4.89 Å². The summed E-state index contributed by atoms with van der Waals surface area (Å²) < 4.78 is 0. The molecule has 4 heteroatoms. The van der Waals surface area contributed by atoms with Gasteiger partial charge in [0, 0.05) is 6.42 Å². The van der Waals surface area contributed by atoms with E-state index in [9.17, 15) is 4.79 Å². The number of aliphatic carboxylic acids is 1. The molecular formula is C12H14O4. The van der Waals surface area contributed by atoms with Crippen LogP contribution in [-0.2, 0) is 14.6 Å². The van der Waals surface area contributed by atoms with Crippen molar-refractivity contribution in [2.24, 2.45) is 0 Å². The van der Waals surface area contributed by atoms with Gasteiger partial charge < -0.3 is 9.99 Å². The molecule has 0 radical (unpaired) electrons. The first kappa shape index (κ1) is 12.3. The molecule has 4 nitrogen and oxygen atoms in total. The highest BCUT2D eigenvalue weighted by Crippen LogP contribution is 2.10. The number of carboxylic acids is 1. The lowest BCUT2D eigenvalue weighted by molar-refractivity contribution is -0.253. The smallest absolute Gasteiger partial charge is 0.303 e. The molecule has 1 N–H and O–H groups in total. The standard InChI is InChI=1S/C6H8O4.C6H6/c7-6(8)2-1-5-3-4-9-10-5;1-2-4-6-5-3-1/h3-5H,1-2H2,(H,7,8);1-6H. The Labute approximate surface area is 94.0 Å². The molecular weight excluding hydrogens is 208 g/mol. The first-order valence-electron chi connectivity index (χ1n) is 4.99. The second-order valence-corrected chi connectivity index (χ2v) is 3.15. The van der Waals surface area contributed by atoms with Gasteiger partial charge in [-0.1, -0.05) is 36.4 Å². The highest BCUT2D eigenvalue weighted by Gasteiger charge is 2.12. The molecule has 0 aliphatic carbocycles. The average Bonchev–Trinajstić information content (AvgIpc) is 2.82. The second-order valence-electron chi connectivity index (χ2n) is 3.15. The highest BCUT2D eigenvalue weighted by molar-refractivity contribution is 5.66. The second kappa shape index (κ2) is 7.48. The number of rotatable bonds is 3. The lowest BCUT2D eigenvalue weighted by atomic mass is 10.2. The summed E-state index contributed by atoms with van der Waals surface area (Å²) >= 11 is 0. The lowest BCUT2D eigenvalue weighted by Gasteiger charge is -2.01. The van der Waals surface area contributed by atoms with Crippen LogP contribution in [0.1, 0.15) is 12.8 Å². The van der Waals surface area contributed by atoms with E-state index in [-0.39, 0.29) is 12.5 Å². The molecule has 1 aromatic rings. The first-order chi connectivity index (χ1) is 7.79. The van der Waals surface area contributed by atoms with E-state index in [1.54, 1.807) is 6.08 Å². The predicted octanol–water partition coefficient (Wildman–Crippen LogP) is 2.38. The van der Waals surface area contributed by atoms with Gasteiger partial charge in [0.2, 0.25) is 0 Å². The maximum Gasteiger partial charge on any atom is 0.303 e. The molecule has 0 fully saturated rings.